The van der Waals surface area contributed by atoms with Gasteiger partial charge in [-0.3, -0.25) is 4.79 Å². The zero-order valence-electron chi connectivity index (χ0n) is 14.3. The van der Waals surface area contributed by atoms with Crippen molar-refractivity contribution in [1.82, 2.24) is 4.90 Å². The second-order valence-electron chi connectivity index (χ2n) is 6.47. The smallest absolute Gasteiger partial charge is 0.227 e. The second-order valence-corrected chi connectivity index (χ2v) is 6.90. The van der Waals surface area contributed by atoms with Gasteiger partial charge < -0.3 is 10.6 Å². The molecular formula is C20H24Cl2N2O. The molecule has 0 aromatic heterocycles. The van der Waals surface area contributed by atoms with Gasteiger partial charge in [0, 0.05) is 17.6 Å². The molecular weight excluding hydrogens is 355 g/mol. The molecule has 1 heterocycles. The van der Waals surface area contributed by atoms with Crippen LogP contribution in [-0.4, -0.2) is 17.4 Å². The van der Waals surface area contributed by atoms with Crippen LogP contribution in [0.5, 0.6) is 0 Å². The molecule has 3 rings (SSSR count). The number of nitrogens with zero attached hydrogens (tertiary/aromatic N) is 1. The first-order chi connectivity index (χ1) is 11.6. The van der Waals surface area contributed by atoms with Crippen LogP contribution in [0.1, 0.15) is 43.0 Å². The third kappa shape index (κ3) is 4.35. The Hall–Kier alpha value is -1.55. The fourth-order valence-electron chi connectivity index (χ4n) is 3.44. The van der Waals surface area contributed by atoms with E-state index in [0.29, 0.717) is 5.02 Å². The molecule has 3 unspecified atom stereocenters. The summed E-state index contributed by atoms with van der Waals surface area (Å²) in [7, 11) is 0. The minimum absolute atomic E-state index is 0. The summed E-state index contributed by atoms with van der Waals surface area (Å²) < 4.78 is 0. The lowest BCUT2D eigenvalue weighted by molar-refractivity contribution is -0.136. The van der Waals surface area contributed by atoms with Crippen LogP contribution in [0, 0.1) is 5.92 Å². The number of amides is 1. The summed E-state index contributed by atoms with van der Waals surface area (Å²) in [5, 5.41) is 0.717. The molecule has 1 aliphatic rings. The number of carbonyl (C=O) groups is 1. The quantitative estimate of drug-likeness (QED) is 0.833. The molecule has 25 heavy (non-hydrogen) atoms. The third-order valence-corrected chi connectivity index (χ3v) is 5.16. The van der Waals surface area contributed by atoms with Gasteiger partial charge in [0.25, 0.3) is 0 Å². The standard InChI is InChI=1S/C20H23ClN2O.ClH/c1-14(19(22)16-6-3-2-4-7-16)20(24)23-13-5-8-18(23)15-9-11-17(21)12-10-15;/h2-4,6-7,9-12,14,18-19H,5,8,13,22H2,1H3;1H. The van der Waals surface area contributed by atoms with E-state index in [-0.39, 0.29) is 36.3 Å². The van der Waals surface area contributed by atoms with Crippen LogP contribution >= 0.6 is 24.0 Å². The average Bonchev–Trinajstić information content (AvgIpc) is 3.11. The van der Waals surface area contributed by atoms with Gasteiger partial charge in [0.05, 0.1) is 12.0 Å². The highest BCUT2D eigenvalue weighted by molar-refractivity contribution is 6.30. The minimum atomic E-state index is -0.287. The summed E-state index contributed by atoms with van der Waals surface area (Å²) in [5.74, 6) is -0.121. The molecule has 2 aromatic rings. The fourth-order valence-corrected chi connectivity index (χ4v) is 3.57. The van der Waals surface area contributed by atoms with E-state index in [1.54, 1.807) is 0 Å². The van der Waals surface area contributed by atoms with Crippen LogP contribution in [0.25, 0.3) is 0 Å². The highest BCUT2D eigenvalue weighted by atomic mass is 35.5. The van der Waals surface area contributed by atoms with Gasteiger partial charge in [0.2, 0.25) is 5.91 Å². The van der Waals surface area contributed by atoms with Crippen LogP contribution in [0.3, 0.4) is 0 Å². The Labute approximate surface area is 160 Å². The SMILES string of the molecule is CC(C(=O)N1CCCC1c1ccc(Cl)cc1)C(N)c1ccccc1.Cl. The molecule has 5 heteroatoms. The van der Waals surface area contributed by atoms with Gasteiger partial charge in [0.1, 0.15) is 0 Å². The molecule has 2 aromatic carbocycles. The van der Waals surface area contributed by atoms with E-state index in [2.05, 4.69) is 0 Å². The zero-order valence-corrected chi connectivity index (χ0v) is 15.8. The zero-order chi connectivity index (χ0) is 17.1. The second kappa shape index (κ2) is 8.70. The van der Waals surface area contributed by atoms with Gasteiger partial charge in [-0.15, -0.1) is 12.4 Å². The van der Waals surface area contributed by atoms with E-state index in [4.69, 9.17) is 17.3 Å². The maximum Gasteiger partial charge on any atom is 0.227 e. The number of benzene rings is 2. The number of nitrogens with two attached hydrogens (primary N) is 1. The highest BCUT2D eigenvalue weighted by Crippen LogP contribution is 2.35. The Kier molecular flexibility index (Phi) is 6.88. The highest BCUT2D eigenvalue weighted by Gasteiger charge is 2.34. The fraction of sp³-hybridized carbons (Fsp3) is 0.350. The normalized spacial score (nSPS) is 19.2. The third-order valence-electron chi connectivity index (χ3n) is 4.90. The van der Waals surface area contributed by atoms with Gasteiger partial charge in [-0.2, -0.15) is 0 Å². The summed E-state index contributed by atoms with van der Waals surface area (Å²) in [6.07, 6.45) is 2.01. The van der Waals surface area contributed by atoms with Crippen molar-refractivity contribution in [1.29, 1.82) is 0 Å². The summed E-state index contributed by atoms with van der Waals surface area (Å²) >= 11 is 5.98. The lowest BCUT2D eigenvalue weighted by atomic mass is 9.93. The Morgan fingerprint density at radius 2 is 1.80 bits per heavy atom. The molecule has 0 aliphatic carbocycles. The van der Waals surface area contributed by atoms with E-state index in [0.717, 1.165) is 30.5 Å². The van der Waals surface area contributed by atoms with Crippen molar-refractivity contribution < 1.29 is 4.79 Å². The van der Waals surface area contributed by atoms with Crippen LogP contribution in [0.15, 0.2) is 54.6 Å². The van der Waals surface area contributed by atoms with Crippen molar-refractivity contribution in [2.24, 2.45) is 11.7 Å². The molecule has 1 saturated heterocycles. The molecule has 3 nitrogen and oxygen atoms in total. The summed E-state index contributed by atoms with van der Waals surface area (Å²) in [4.78, 5) is 15.0. The molecule has 2 N–H and O–H groups in total. The molecule has 3 atom stereocenters. The first-order valence-corrected chi connectivity index (χ1v) is 8.82. The lowest BCUT2D eigenvalue weighted by Crippen LogP contribution is -2.39. The van der Waals surface area contributed by atoms with Crippen molar-refractivity contribution in [2.75, 3.05) is 6.54 Å². The van der Waals surface area contributed by atoms with Crippen molar-refractivity contribution in [2.45, 2.75) is 31.8 Å². The number of hydrogen-bond acceptors (Lipinski definition) is 2. The number of halogens is 2. The van der Waals surface area contributed by atoms with Crippen molar-refractivity contribution in [3.8, 4) is 0 Å². The monoisotopic (exact) mass is 378 g/mol. The molecule has 134 valence electrons. The van der Waals surface area contributed by atoms with Gasteiger partial charge in [0.15, 0.2) is 0 Å². The van der Waals surface area contributed by atoms with Gasteiger partial charge in [-0.25, -0.2) is 0 Å². The Balaban J connectivity index is 0.00000225. The minimum Gasteiger partial charge on any atom is -0.335 e. The Morgan fingerprint density at radius 1 is 1.16 bits per heavy atom. The Morgan fingerprint density at radius 3 is 2.44 bits per heavy atom. The molecule has 1 amide bonds. The topological polar surface area (TPSA) is 46.3 Å². The van der Waals surface area contributed by atoms with Crippen LogP contribution in [0.4, 0.5) is 0 Å². The van der Waals surface area contributed by atoms with E-state index < -0.39 is 0 Å². The summed E-state index contributed by atoms with van der Waals surface area (Å²) in [6.45, 7) is 2.72. The summed E-state index contributed by atoms with van der Waals surface area (Å²) in [6, 6.07) is 17.5. The summed E-state index contributed by atoms with van der Waals surface area (Å²) in [5.41, 5.74) is 8.49. The van der Waals surface area contributed by atoms with E-state index >= 15 is 0 Å². The van der Waals surface area contributed by atoms with Crippen molar-refractivity contribution in [3.05, 3.63) is 70.7 Å². The average molecular weight is 379 g/mol. The van der Waals surface area contributed by atoms with Crippen LogP contribution in [0.2, 0.25) is 5.02 Å². The predicted molar refractivity (Wildman–Crippen MR) is 105 cm³/mol. The maximum absolute atomic E-state index is 13.0. The molecule has 0 spiro atoms. The molecule has 1 fully saturated rings. The molecule has 0 saturated carbocycles. The van der Waals surface area contributed by atoms with Gasteiger partial charge >= 0.3 is 0 Å². The van der Waals surface area contributed by atoms with Crippen LogP contribution in [-0.2, 0) is 4.79 Å². The largest absolute Gasteiger partial charge is 0.335 e. The van der Waals surface area contributed by atoms with Crippen molar-refractivity contribution >= 4 is 29.9 Å². The number of carbonyl (C=O) groups excluding carboxylic acids is 1. The van der Waals surface area contributed by atoms with Gasteiger partial charge in [-0.05, 0) is 36.1 Å². The van der Waals surface area contributed by atoms with Crippen molar-refractivity contribution in [3.63, 3.8) is 0 Å². The van der Waals surface area contributed by atoms with E-state index in [1.807, 2.05) is 66.4 Å². The molecule has 0 radical (unpaired) electrons. The predicted octanol–water partition coefficient (Wildman–Crippen LogP) is 4.76. The maximum atomic E-state index is 13.0. The Bertz CT molecular complexity index is 691. The van der Waals surface area contributed by atoms with Crippen LogP contribution < -0.4 is 5.73 Å². The number of rotatable bonds is 4. The lowest BCUT2D eigenvalue weighted by Gasteiger charge is -2.30. The van der Waals surface area contributed by atoms with E-state index in [1.165, 1.54) is 0 Å². The van der Waals surface area contributed by atoms with E-state index in [9.17, 15) is 4.79 Å². The molecule has 0 bridgehead atoms. The first kappa shape index (κ1) is 19.8. The molecule has 1 aliphatic heterocycles. The number of hydrogen-bond donors (Lipinski definition) is 1. The van der Waals surface area contributed by atoms with Gasteiger partial charge in [-0.1, -0.05) is 61.0 Å². The first-order valence-electron chi connectivity index (χ1n) is 8.44. The number of likely N-dealkylation sites (tertiary alicyclic amines) is 1.